The minimum Gasteiger partial charge on any atom is -0.496 e. The van der Waals surface area contributed by atoms with Gasteiger partial charge in [-0.15, -0.1) is 0 Å². The molecule has 0 aliphatic heterocycles. The molecular formula is C20H19N3O5. The Hall–Kier alpha value is -3.81. The number of methoxy groups -OCH3 is 1. The third-order valence-electron chi connectivity index (χ3n) is 3.86. The van der Waals surface area contributed by atoms with Crippen LogP contribution >= 0.6 is 0 Å². The molecule has 2 aromatic carbocycles. The molecule has 0 aliphatic rings. The Balaban J connectivity index is 1.58. The Morgan fingerprint density at radius 3 is 2.54 bits per heavy atom. The molecule has 0 atom stereocenters. The van der Waals surface area contributed by atoms with E-state index in [0.717, 1.165) is 0 Å². The zero-order valence-corrected chi connectivity index (χ0v) is 15.4. The number of hydrogen-bond acceptors (Lipinski definition) is 6. The lowest BCUT2D eigenvalue weighted by molar-refractivity contribution is 0.0952. The topological polar surface area (TPSA) is 103 Å². The van der Waals surface area contributed by atoms with Crippen LogP contribution in [0.2, 0.25) is 0 Å². The van der Waals surface area contributed by atoms with Crippen LogP contribution < -0.4 is 20.1 Å². The van der Waals surface area contributed by atoms with Crippen molar-refractivity contribution in [2.45, 2.75) is 6.61 Å². The largest absolute Gasteiger partial charge is 0.496 e. The van der Waals surface area contributed by atoms with Gasteiger partial charge >= 0.3 is 0 Å². The van der Waals surface area contributed by atoms with Crippen molar-refractivity contribution < 1.29 is 23.6 Å². The predicted octanol–water partition coefficient (Wildman–Crippen LogP) is 2.87. The zero-order valence-electron chi connectivity index (χ0n) is 15.4. The van der Waals surface area contributed by atoms with Crippen LogP contribution in [0.1, 0.15) is 26.6 Å². The summed E-state index contributed by atoms with van der Waals surface area (Å²) in [6.45, 7) is 0.122. The molecule has 1 aromatic heterocycles. The van der Waals surface area contributed by atoms with Crippen LogP contribution in [0.5, 0.6) is 11.5 Å². The molecule has 2 amide bonds. The van der Waals surface area contributed by atoms with Gasteiger partial charge in [-0.2, -0.15) is 0 Å². The lowest BCUT2D eigenvalue weighted by atomic mass is 10.2. The Labute approximate surface area is 161 Å². The van der Waals surface area contributed by atoms with Crippen molar-refractivity contribution in [3.05, 3.63) is 71.6 Å². The molecule has 0 spiro atoms. The average Bonchev–Trinajstić information content (AvgIpc) is 3.21. The molecule has 0 fully saturated rings. The van der Waals surface area contributed by atoms with E-state index in [1.165, 1.54) is 20.2 Å². The molecule has 2 N–H and O–H groups in total. The maximum atomic E-state index is 12.4. The molecule has 0 radical (unpaired) electrons. The highest BCUT2D eigenvalue weighted by Crippen LogP contribution is 2.21. The van der Waals surface area contributed by atoms with E-state index in [1.54, 1.807) is 48.5 Å². The van der Waals surface area contributed by atoms with Crippen LogP contribution in [0.3, 0.4) is 0 Å². The molecule has 3 aromatic rings. The number of aromatic nitrogens is 1. The molecule has 0 unspecified atom stereocenters. The maximum absolute atomic E-state index is 12.4. The van der Waals surface area contributed by atoms with Gasteiger partial charge in [0.15, 0.2) is 11.5 Å². The van der Waals surface area contributed by atoms with E-state index >= 15 is 0 Å². The number of carbonyl (C=O) groups is 2. The van der Waals surface area contributed by atoms with Crippen molar-refractivity contribution in [1.82, 2.24) is 10.5 Å². The van der Waals surface area contributed by atoms with Gasteiger partial charge in [0.05, 0.1) is 12.7 Å². The predicted molar refractivity (Wildman–Crippen MR) is 102 cm³/mol. The van der Waals surface area contributed by atoms with Gasteiger partial charge in [0, 0.05) is 18.8 Å². The van der Waals surface area contributed by atoms with Gasteiger partial charge in [0.25, 0.3) is 11.8 Å². The highest BCUT2D eigenvalue weighted by Gasteiger charge is 2.13. The van der Waals surface area contributed by atoms with E-state index < -0.39 is 0 Å². The van der Waals surface area contributed by atoms with Crippen molar-refractivity contribution >= 4 is 17.5 Å². The molecular weight excluding hydrogens is 362 g/mol. The first kappa shape index (κ1) is 19.0. The van der Waals surface area contributed by atoms with Crippen LogP contribution in [0, 0.1) is 0 Å². The van der Waals surface area contributed by atoms with Crippen molar-refractivity contribution in [1.29, 1.82) is 0 Å². The number of rotatable bonds is 7. The SMILES string of the molecule is CNC(=O)c1cc(COc2ccc(NC(=O)c3ccccc3OC)cc2)on1. The molecule has 0 aliphatic carbocycles. The Morgan fingerprint density at radius 2 is 1.82 bits per heavy atom. The molecule has 1 heterocycles. The number of nitrogens with one attached hydrogen (secondary N) is 2. The van der Waals surface area contributed by atoms with Gasteiger partial charge in [-0.3, -0.25) is 9.59 Å². The monoisotopic (exact) mass is 381 g/mol. The van der Waals surface area contributed by atoms with Gasteiger partial charge in [-0.1, -0.05) is 17.3 Å². The first-order valence-corrected chi connectivity index (χ1v) is 8.45. The molecule has 0 saturated heterocycles. The Kier molecular flexibility index (Phi) is 5.91. The Morgan fingerprint density at radius 1 is 1.07 bits per heavy atom. The van der Waals surface area contributed by atoms with Crippen LogP contribution in [0.15, 0.2) is 59.1 Å². The highest BCUT2D eigenvalue weighted by molar-refractivity contribution is 6.06. The molecule has 144 valence electrons. The summed E-state index contributed by atoms with van der Waals surface area (Å²) in [6, 6.07) is 15.4. The first-order valence-electron chi connectivity index (χ1n) is 8.45. The summed E-state index contributed by atoms with van der Waals surface area (Å²) in [5, 5.41) is 8.94. The summed E-state index contributed by atoms with van der Waals surface area (Å²) in [5.74, 6) is 0.906. The van der Waals surface area contributed by atoms with Crippen molar-refractivity contribution in [2.75, 3.05) is 19.5 Å². The molecule has 28 heavy (non-hydrogen) atoms. The van der Waals surface area contributed by atoms with Crippen LogP contribution in [-0.4, -0.2) is 31.1 Å². The average molecular weight is 381 g/mol. The summed E-state index contributed by atoms with van der Waals surface area (Å²) in [5.41, 5.74) is 1.25. The molecule has 3 rings (SSSR count). The standard InChI is InChI=1S/C20H19N3O5/c1-21-20(25)17-11-15(28-23-17)12-27-14-9-7-13(8-10-14)22-19(24)16-5-3-4-6-18(16)26-2/h3-11H,12H2,1-2H3,(H,21,25)(H,22,24). The molecule has 0 bridgehead atoms. The van der Waals surface area contributed by atoms with Crippen LogP contribution in [0.25, 0.3) is 0 Å². The van der Waals surface area contributed by atoms with Gasteiger partial charge in [-0.25, -0.2) is 0 Å². The third kappa shape index (κ3) is 4.47. The summed E-state index contributed by atoms with van der Waals surface area (Å²) in [7, 11) is 3.03. The normalized spacial score (nSPS) is 10.2. The van der Waals surface area contributed by atoms with E-state index in [2.05, 4.69) is 15.8 Å². The Bertz CT molecular complexity index is 966. The van der Waals surface area contributed by atoms with Crippen molar-refractivity contribution in [2.24, 2.45) is 0 Å². The lowest BCUT2D eigenvalue weighted by Crippen LogP contribution is -2.17. The smallest absolute Gasteiger partial charge is 0.273 e. The number of amides is 2. The number of ether oxygens (including phenoxy) is 2. The van der Waals surface area contributed by atoms with Crippen LogP contribution in [-0.2, 0) is 6.61 Å². The van der Waals surface area contributed by atoms with Crippen molar-refractivity contribution in [3.8, 4) is 11.5 Å². The minimum absolute atomic E-state index is 0.122. The van der Waals surface area contributed by atoms with E-state index in [-0.39, 0.29) is 24.1 Å². The van der Waals surface area contributed by atoms with Gasteiger partial charge < -0.3 is 24.6 Å². The third-order valence-corrected chi connectivity index (χ3v) is 3.86. The second-order valence-corrected chi connectivity index (χ2v) is 5.73. The molecule has 8 heteroatoms. The quantitative estimate of drug-likeness (QED) is 0.652. The number of anilines is 1. The van der Waals surface area contributed by atoms with E-state index in [0.29, 0.717) is 28.5 Å². The van der Waals surface area contributed by atoms with Crippen molar-refractivity contribution in [3.63, 3.8) is 0 Å². The number of para-hydroxylation sites is 1. The molecule has 0 saturated carbocycles. The highest BCUT2D eigenvalue weighted by atomic mass is 16.5. The fourth-order valence-electron chi connectivity index (χ4n) is 2.44. The zero-order chi connectivity index (χ0) is 19.9. The fourth-order valence-corrected chi connectivity index (χ4v) is 2.44. The molecule has 8 nitrogen and oxygen atoms in total. The fraction of sp³-hybridized carbons (Fsp3) is 0.150. The lowest BCUT2D eigenvalue weighted by Gasteiger charge is -2.10. The summed E-state index contributed by atoms with van der Waals surface area (Å²) in [6.07, 6.45) is 0. The van der Waals surface area contributed by atoms with Crippen LogP contribution in [0.4, 0.5) is 5.69 Å². The second kappa shape index (κ2) is 8.72. The summed E-state index contributed by atoms with van der Waals surface area (Å²) >= 11 is 0. The number of carbonyl (C=O) groups excluding carboxylic acids is 2. The first-order chi connectivity index (χ1) is 13.6. The van der Waals surface area contributed by atoms with Gasteiger partial charge in [0.1, 0.15) is 18.1 Å². The number of hydrogen-bond donors (Lipinski definition) is 2. The van der Waals surface area contributed by atoms with Gasteiger partial charge in [0.2, 0.25) is 0 Å². The minimum atomic E-state index is -0.329. The van der Waals surface area contributed by atoms with Gasteiger partial charge in [-0.05, 0) is 36.4 Å². The maximum Gasteiger partial charge on any atom is 0.273 e. The van der Waals surface area contributed by atoms with E-state index in [9.17, 15) is 9.59 Å². The van der Waals surface area contributed by atoms with E-state index in [1.807, 2.05) is 0 Å². The summed E-state index contributed by atoms with van der Waals surface area (Å²) in [4.78, 5) is 23.8. The second-order valence-electron chi connectivity index (χ2n) is 5.73. The summed E-state index contributed by atoms with van der Waals surface area (Å²) < 4.78 is 15.9. The number of benzene rings is 2. The number of nitrogens with zero attached hydrogens (tertiary/aromatic N) is 1. The van der Waals surface area contributed by atoms with E-state index in [4.69, 9.17) is 14.0 Å².